The van der Waals surface area contributed by atoms with E-state index in [1.807, 2.05) is 31.2 Å². The van der Waals surface area contributed by atoms with E-state index in [1.165, 1.54) is 22.5 Å². The van der Waals surface area contributed by atoms with Crippen LogP contribution in [-0.4, -0.2) is 14.2 Å². The topological polar surface area (TPSA) is 66.5 Å². The molecule has 3 aromatic rings. The molecule has 0 saturated heterocycles. The van der Waals surface area contributed by atoms with E-state index in [4.69, 9.17) is 0 Å². The number of halogens is 1. The molecule has 0 saturated carbocycles. The van der Waals surface area contributed by atoms with Crippen LogP contribution in [0.3, 0.4) is 0 Å². The first kappa shape index (κ1) is 19.8. The number of fused-ring (bicyclic) bond motifs is 1. The molecule has 7 heteroatoms. The summed E-state index contributed by atoms with van der Waals surface area (Å²) in [5.74, 6) is -1.18. The van der Waals surface area contributed by atoms with Crippen molar-refractivity contribution in [1.29, 1.82) is 0 Å². The molecule has 1 aliphatic rings. The molecular weight excluding hydrogens is 403 g/mol. The van der Waals surface area contributed by atoms with E-state index in [9.17, 15) is 17.6 Å². The molecule has 0 spiro atoms. The molecule has 1 heterocycles. The van der Waals surface area contributed by atoms with Gasteiger partial charge in [0, 0.05) is 11.8 Å². The Kier molecular flexibility index (Phi) is 5.13. The summed E-state index contributed by atoms with van der Waals surface area (Å²) < 4.78 is 41.9. The van der Waals surface area contributed by atoms with Gasteiger partial charge in [-0.25, -0.2) is 12.8 Å². The zero-order chi connectivity index (χ0) is 21.3. The molecule has 1 aliphatic heterocycles. The molecule has 0 unspecified atom stereocenters. The molecule has 0 bridgehead atoms. The number of carbonyl (C=O) groups is 1. The van der Waals surface area contributed by atoms with Crippen molar-refractivity contribution in [2.75, 3.05) is 9.62 Å². The smallest absolute Gasteiger partial charge is 0.270 e. The van der Waals surface area contributed by atoms with Gasteiger partial charge in [0.2, 0.25) is 5.78 Å². The van der Waals surface area contributed by atoms with Crippen LogP contribution < -0.4 is 9.62 Å². The number of carbonyl (C=O) groups excluding carboxylic acids is 1. The van der Waals surface area contributed by atoms with Crippen molar-refractivity contribution >= 4 is 27.2 Å². The first-order valence-corrected chi connectivity index (χ1v) is 10.8. The molecule has 30 heavy (non-hydrogen) atoms. The highest BCUT2D eigenvalue weighted by Gasteiger charge is 2.40. The minimum absolute atomic E-state index is 0.0747. The second-order valence-electron chi connectivity index (χ2n) is 6.98. The number of sulfonamides is 1. The lowest BCUT2D eigenvalue weighted by atomic mass is 10.1. The number of allylic oxidation sites excluding steroid dienone is 1. The van der Waals surface area contributed by atoms with Gasteiger partial charge in [-0.1, -0.05) is 54.1 Å². The number of para-hydroxylation sites is 2. The number of benzene rings is 3. The van der Waals surface area contributed by atoms with Gasteiger partial charge in [-0.3, -0.25) is 9.10 Å². The Bertz CT molecular complexity index is 1270. The number of nitrogens with zero attached hydrogens (tertiary/aromatic N) is 1. The number of aryl methyl sites for hydroxylation is 1. The van der Waals surface area contributed by atoms with E-state index in [0.717, 1.165) is 17.3 Å². The summed E-state index contributed by atoms with van der Waals surface area (Å²) in [6.07, 6.45) is 1.06. The van der Waals surface area contributed by atoms with Crippen LogP contribution in [0.4, 0.5) is 15.8 Å². The fourth-order valence-electron chi connectivity index (χ4n) is 3.39. The normalized spacial score (nSPS) is 16.4. The number of anilines is 2. The minimum Gasteiger partial charge on any atom is -0.358 e. The van der Waals surface area contributed by atoms with E-state index >= 15 is 0 Å². The average molecular weight is 422 g/mol. The van der Waals surface area contributed by atoms with Gasteiger partial charge >= 0.3 is 0 Å². The van der Waals surface area contributed by atoms with Crippen LogP contribution in [0.5, 0.6) is 0 Å². The lowest BCUT2D eigenvalue weighted by Gasteiger charge is -2.31. The largest absolute Gasteiger partial charge is 0.358 e. The fraction of sp³-hybridized carbons (Fsp3) is 0.0870. The van der Waals surface area contributed by atoms with Crippen LogP contribution in [0, 0.1) is 12.7 Å². The first-order valence-electron chi connectivity index (χ1n) is 9.31. The number of Topliss-reactive ketones (excluding diaryl/α,β-unsaturated/α-hetero) is 1. The average Bonchev–Trinajstić information content (AvgIpc) is 2.72. The summed E-state index contributed by atoms with van der Waals surface area (Å²) in [4.78, 5) is 12.5. The predicted octanol–water partition coefficient (Wildman–Crippen LogP) is 4.62. The maximum atomic E-state index is 13.9. The zero-order valence-corrected chi connectivity index (χ0v) is 17.0. The molecule has 0 fully saturated rings. The van der Waals surface area contributed by atoms with Crippen molar-refractivity contribution in [1.82, 2.24) is 0 Å². The molecule has 1 N–H and O–H groups in total. The van der Waals surface area contributed by atoms with Crippen LogP contribution in [0.25, 0.3) is 0 Å². The van der Waals surface area contributed by atoms with Gasteiger partial charge in [0.15, 0.2) is 4.91 Å². The minimum atomic E-state index is -4.16. The van der Waals surface area contributed by atoms with Crippen LogP contribution in [-0.2, 0) is 16.6 Å². The summed E-state index contributed by atoms with van der Waals surface area (Å²) >= 11 is 0. The lowest BCUT2D eigenvalue weighted by molar-refractivity contribution is 0.104. The Morgan fingerprint density at radius 2 is 1.73 bits per heavy atom. The highest BCUT2D eigenvalue weighted by molar-refractivity contribution is 7.97. The molecule has 4 rings (SSSR count). The second kappa shape index (κ2) is 7.76. The predicted molar refractivity (Wildman–Crippen MR) is 115 cm³/mol. The zero-order valence-electron chi connectivity index (χ0n) is 16.2. The van der Waals surface area contributed by atoms with Gasteiger partial charge in [0.25, 0.3) is 10.0 Å². The van der Waals surface area contributed by atoms with Gasteiger partial charge in [0.05, 0.1) is 17.9 Å². The molecule has 0 aliphatic carbocycles. The van der Waals surface area contributed by atoms with Gasteiger partial charge in [-0.05, 0) is 36.8 Å². The van der Waals surface area contributed by atoms with Gasteiger partial charge in [0.1, 0.15) is 5.82 Å². The van der Waals surface area contributed by atoms with E-state index in [-0.39, 0.29) is 17.8 Å². The van der Waals surface area contributed by atoms with E-state index < -0.39 is 26.5 Å². The van der Waals surface area contributed by atoms with E-state index in [0.29, 0.717) is 5.69 Å². The maximum absolute atomic E-state index is 13.9. The lowest BCUT2D eigenvalue weighted by Crippen LogP contribution is -2.39. The summed E-state index contributed by atoms with van der Waals surface area (Å²) in [5, 5.41) is 2.63. The molecule has 0 atom stereocenters. The third kappa shape index (κ3) is 3.59. The SMILES string of the molecule is Cc1cccc(CN2c3ccccc3C(=O)C(=CNc3ccccc3F)S2(=O)=O)c1. The Morgan fingerprint density at radius 3 is 2.50 bits per heavy atom. The standard InChI is InChI=1S/C23H19FN2O3S/c1-16-7-6-8-17(13-16)15-26-21-12-5-2-9-18(21)23(27)22(30(26,28)29)14-25-20-11-4-3-10-19(20)24/h2-14,25H,15H2,1H3. The third-order valence-corrected chi connectivity index (χ3v) is 6.62. The van der Waals surface area contributed by atoms with Crippen LogP contribution in [0.1, 0.15) is 21.5 Å². The van der Waals surface area contributed by atoms with Crippen molar-refractivity contribution in [2.24, 2.45) is 0 Å². The molecule has 0 aromatic heterocycles. The Labute approximate surface area is 174 Å². The molecular formula is C23H19FN2O3S. The van der Waals surface area contributed by atoms with Crippen molar-refractivity contribution in [3.8, 4) is 0 Å². The Balaban J connectivity index is 1.80. The van der Waals surface area contributed by atoms with Crippen molar-refractivity contribution in [3.05, 3.63) is 106 Å². The van der Waals surface area contributed by atoms with Crippen molar-refractivity contribution in [2.45, 2.75) is 13.5 Å². The summed E-state index contributed by atoms with van der Waals surface area (Å²) in [6.45, 7) is 2.00. The van der Waals surface area contributed by atoms with Gasteiger partial charge < -0.3 is 5.32 Å². The summed E-state index contributed by atoms with van der Waals surface area (Å²) in [6, 6.07) is 19.9. The number of hydrogen-bond acceptors (Lipinski definition) is 4. The summed E-state index contributed by atoms with van der Waals surface area (Å²) in [5.41, 5.74) is 2.48. The van der Waals surface area contributed by atoms with Gasteiger partial charge in [-0.15, -0.1) is 0 Å². The number of hydrogen-bond donors (Lipinski definition) is 1. The highest BCUT2D eigenvalue weighted by Crippen LogP contribution is 2.36. The molecule has 3 aromatic carbocycles. The van der Waals surface area contributed by atoms with Crippen molar-refractivity contribution in [3.63, 3.8) is 0 Å². The highest BCUT2D eigenvalue weighted by atomic mass is 32.2. The second-order valence-corrected chi connectivity index (χ2v) is 8.81. The van der Waals surface area contributed by atoms with E-state index in [2.05, 4.69) is 5.32 Å². The summed E-state index contributed by atoms with van der Waals surface area (Å²) in [7, 11) is -4.16. The van der Waals surface area contributed by atoms with Gasteiger partial charge in [-0.2, -0.15) is 0 Å². The molecule has 152 valence electrons. The molecule has 0 amide bonds. The Morgan fingerprint density at radius 1 is 1.00 bits per heavy atom. The first-order chi connectivity index (χ1) is 14.4. The van der Waals surface area contributed by atoms with Crippen LogP contribution in [0.2, 0.25) is 0 Å². The number of nitrogens with one attached hydrogen (secondary N) is 1. The number of rotatable bonds is 4. The van der Waals surface area contributed by atoms with E-state index in [1.54, 1.807) is 30.3 Å². The number of ketones is 1. The fourth-order valence-corrected chi connectivity index (χ4v) is 4.92. The van der Waals surface area contributed by atoms with Crippen LogP contribution in [0.15, 0.2) is 83.9 Å². The monoisotopic (exact) mass is 422 g/mol. The van der Waals surface area contributed by atoms with Crippen LogP contribution >= 0.6 is 0 Å². The molecule has 0 radical (unpaired) electrons. The molecule has 5 nitrogen and oxygen atoms in total. The Hall–Kier alpha value is -3.45. The third-order valence-electron chi connectivity index (χ3n) is 4.85. The maximum Gasteiger partial charge on any atom is 0.270 e. The van der Waals surface area contributed by atoms with Crippen molar-refractivity contribution < 1.29 is 17.6 Å². The quantitative estimate of drug-likeness (QED) is 0.623.